The maximum atomic E-state index is 12.4. The molecule has 26 heavy (non-hydrogen) atoms. The summed E-state index contributed by atoms with van der Waals surface area (Å²) in [5.41, 5.74) is 0.635. The number of thiophene rings is 1. The van der Waals surface area contributed by atoms with E-state index in [1.807, 2.05) is 48.7 Å². The zero-order valence-corrected chi connectivity index (χ0v) is 15.9. The highest BCUT2D eigenvalue weighted by Crippen LogP contribution is 2.20. The number of benzene rings is 1. The summed E-state index contributed by atoms with van der Waals surface area (Å²) in [6.07, 6.45) is 0. The molecule has 0 aliphatic carbocycles. The Labute approximate surface area is 159 Å². The Morgan fingerprint density at radius 1 is 1.31 bits per heavy atom. The minimum absolute atomic E-state index is 0.0494. The van der Waals surface area contributed by atoms with Crippen LogP contribution in [0.1, 0.15) is 6.92 Å². The van der Waals surface area contributed by atoms with Gasteiger partial charge in [-0.3, -0.25) is 14.2 Å². The average Bonchev–Trinajstić information content (AvgIpc) is 3.13. The summed E-state index contributed by atoms with van der Waals surface area (Å²) in [5, 5.41) is 5.23. The normalized spacial score (nSPS) is 10.8. The molecule has 2 heterocycles. The van der Waals surface area contributed by atoms with Gasteiger partial charge in [0.15, 0.2) is 5.16 Å². The van der Waals surface area contributed by atoms with Crippen molar-refractivity contribution in [2.75, 3.05) is 18.9 Å². The Hall–Kier alpha value is -2.32. The Morgan fingerprint density at radius 2 is 2.12 bits per heavy atom. The number of rotatable bonds is 8. The number of aromatic nitrogens is 2. The number of hydrogen-bond acceptors (Lipinski definition) is 6. The topological polar surface area (TPSA) is 73.2 Å². The molecule has 0 radical (unpaired) electrons. The van der Waals surface area contributed by atoms with Crippen LogP contribution in [0.2, 0.25) is 0 Å². The van der Waals surface area contributed by atoms with Crippen molar-refractivity contribution in [1.29, 1.82) is 0 Å². The lowest BCUT2D eigenvalue weighted by atomic mass is 10.3. The maximum absolute atomic E-state index is 12.4. The minimum Gasteiger partial charge on any atom is -0.492 e. The molecule has 3 aromatic rings. The molecule has 0 saturated carbocycles. The van der Waals surface area contributed by atoms with Gasteiger partial charge < -0.3 is 10.1 Å². The van der Waals surface area contributed by atoms with Crippen LogP contribution in [-0.4, -0.2) is 34.4 Å². The van der Waals surface area contributed by atoms with Crippen LogP contribution in [0.25, 0.3) is 10.2 Å². The van der Waals surface area contributed by atoms with Crippen molar-refractivity contribution in [3.63, 3.8) is 0 Å². The molecule has 0 atom stereocenters. The zero-order chi connectivity index (χ0) is 18.4. The fourth-order valence-electron chi connectivity index (χ4n) is 2.37. The van der Waals surface area contributed by atoms with Crippen LogP contribution < -0.4 is 15.6 Å². The van der Waals surface area contributed by atoms with Crippen molar-refractivity contribution in [2.24, 2.45) is 0 Å². The summed E-state index contributed by atoms with van der Waals surface area (Å²) >= 11 is 2.66. The molecule has 0 aliphatic heterocycles. The average molecular weight is 390 g/mol. The van der Waals surface area contributed by atoms with E-state index in [4.69, 9.17) is 4.74 Å². The number of thioether (sulfide) groups is 1. The van der Waals surface area contributed by atoms with Gasteiger partial charge in [0.05, 0.1) is 17.8 Å². The Morgan fingerprint density at radius 3 is 2.88 bits per heavy atom. The molecule has 1 N–H and O–H groups in total. The first kappa shape index (κ1) is 18.5. The number of ether oxygens (including phenoxy) is 1. The van der Waals surface area contributed by atoms with Crippen LogP contribution in [0.3, 0.4) is 0 Å². The predicted octanol–water partition coefficient (Wildman–Crippen LogP) is 2.77. The third-order valence-corrected chi connectivity index (χ3v) is 5.48. The Kier molecular flexibility index (Phi) is 6.30. The first-order valence-corrected chi connectivity index (χ1v) is 10.1. The lowest BCUT2D eigenvalue weighted by Gasteiger charge is -2.10. The van der Waals surface area contributed by atoms with Crippen molar-refractivity contribution < 1.29 is 9.53 Å². The number of carbonyl (C=O) groups is 1. The number of fused-ring (bicyclic) bond motifs is 1. The molecule has 1 aromatic carbocycles. The van der Waals surface area contributed by atoms with Gasteiger partial charge in [-0.05, 0) is 30.5 Å². The predicted molar refractivity (Wildman–Crippen MR) is 105 cm³/mol. The van der Waals surface area contributed by atoms with E-state index in [1.165, 1.54) is 23.1 Å². The van der Waals surface area contributed by atoms with Crippen molar-refractivity contribution in [1.82, 2.24) is 14.9 Å². The SMILES string of the molecule is CCn1c(SCC(=O)NCCOc2ccccc2)nc2ccsc2c1=O. The number of para-hydroxylation sites is 1. The number of amides is 1. The standard InChI is InChI=1S/C18H19N3O3S2/c1-2-21-17(23)16-14(8-11-25-16)20-18(21)26-12-15(22)19-9-10-24-13-6-4-3-5-7-13/h3-8,11H,2,9-10,12H2,1H3,(H,19,22). The van der Waals surface area contributed by atoms with Crippen LogP contribution in [0.15, 0.2) is 51.7 Å². The third-order valence-electron chi connectivity index (χ3n) is 3.62. The highest BCUT2D eigenvalue weighted by molar-refractivity contribution is 7.99. The summed E-state index contributed by atoms with van der Waals surface area (Å²) in [5.74, 6) is 0.860. The van der Waals surface area contributed by atoms with E-state index in [0.29, 0.717) is 35.1 Å². The monoisotopic (exact) mass is 389 g/mol. The molecule has 0 aliphatic rings. The lowest BCUT2D eigenvalue weighted by molar-refractivity contribution is -0.118. The quantitative estimate of drug-likeness (QED) is 0.364. The number of carbonyl (C=O) groups excluding carboxylic acids is 1. The molecule has 0 spiro atoms. The van der Waals surface area contributed by atoms with Crippen LogP contribution in [-0.2, 0) is 11.3 Å². The van der Waals surface area contributed by atoms with Gasteiger partial charge in [-0.15, -0.1) is 11.3 Å². The largest absolute Gasteiger partial charge is 0.492 e. The van der Waals surface area contributed by atoms with Gasteiger partial charge in [0, 0.05) is 6.54 Å². The molecule has 1 amide bonds. The molecule has 8 heteroatoms. The van der Waals surface area contributed by atoms with Crippen molar-refractivity contribution in [3.8, 4) is 5.75 Å². The molecule has 0 saturated heterocycles. The molecule has 0 unspecified atom stereocenters. The van der Waals surface area contributed by atoms with Crippen molar-refractivity contribution in [2.45, 2.75) is 18.6 Å². The second-order valence-electron chi connectivity index (χ2n) is 5.38. The van der Waals surface area contributed by atoms with E-state index in [-0.39, 0.29) is 17.2 Å². The summed E-state index contributed by atoms with van der Waals surface area (Å²) in [4.78, 5) is 29.0. The van der Waals surface area contributed by atoms with E-state index < -0.39 is 0 Å². The highest BCUT2D eigenvalue weighted by Gasteiger charge is 2.13. The molecule has 6 nitrogen and oxygen atoms in total. The van der Waals surface area contributed by atoms with Crippen LogP contribution in [0, 0.1) is 0 Å². The summed E-state index contributed by atoms with van der Waals surface area (Å²) in [7, 11) is 0. The smallest absolute Gasteiger partial charge is 0.272 e. The van der Waals surface area contributed by atoms with Crippen LogP contribution in [0.4, 0.5) is 0 Å². The second kappa shape index (κ2) is 8.86. The Balaban J connectivity index is 1.51. The highest BCUT2D eigenvalue weighted by atomic mass is 32.2. The lowest BCUT2D eigenvalue weighted by Crippen LogP contribution is -2.30. The van der Waals surface area contributed by atoms with Gasteiger partial charge in [0.1, 0.15) is 17.1 Å². The zero-order valence-electron chi connectivity index (χ0n) is 14.3. The van der Waals surface area contributed by atoms with Crippen molar-refractivity contribution >= 4 is 39.2 Å². The van der Waals surface area contributed by atoms with E-state index >= 15 is 0 Å². The van der Waals surface area contributed by atoms with E-state index in [2.05, 4.69) is 10.3 Å². The van der Waals surface area contributed by atoms with E-state index in [0.717, 1.165) is 5.75 Å². The molecule has 0 fully saturated rings. The Bertz CT molecular complexity index is 938. The molecule has 136 valence electrons. The molecule has 2 aromatic heterocycles. The number of nitrogens with one attached hydrogen (secondary N) is 1. The fraction of sp³-hybridized carbons (Fsp3) is 0.278. The van der Waals surface area contributed by atoms with E-state index in [9.17, 15) is 9.59 Å². The number of nitrogens with zero attached hydrogens (tertiary/aromatic N) is 2. The van der Waals surface area contributed by atoms with Crippen LogP contribution in [0.5, 0.6) is 5.75 Å². The first-order chi connectivity index (χ1) is 12.7. The maximum Gasteiger partial charge on any atom is 0.272 e. The van der Waals surface area contributed by atoms with Gasteiger partial charge >= 0.3 is 0 Å². The van der Waals surface area contributed by atoms with E-state index in [1.54, 1.807) is 4.57 Å². The minimum atomic E-state index is -0.117. The van der Waals surface area contributed by atoms with Gasteiger partial charge in [-0.1, -0.05) is 30.0 Å². The fourth-order valence-corrected chi connectivity index (χ4v) is 4.04. The molecular formula is C18H19N3O3S2. The van der Waals surface area contributed by atoms with Crippen LogP contribution >= 0.6 is 23.1 Å². The molecule has 0 bridgehead atoms. The van der Waals surface area contributed by atoms with Gasteiger partial charge in [-0.25, -0.2) is 4.98 Å². The van der Waals surface area contributed by atoms with Gasteiger partial charge in [0.25, 0.3) is 5.56 Å². The second-order valence-corrected chi connectivity index (χ2v) is 7.24. The van der Waals surface area contributed by atoms with Gasteiger partial charge in [0.2, 0.25) is 5.91 Å². The molecule has 3 rings (SSSR count). The van der Waals surface area contributed by atoms with Crippen molar-refractivity contribution in [3.05, 3.63) is 52.1 Å². The molecular weight excluding hydrogens is 370 g/mol. The summed E-state index contributed by atoms with van der Waals surface area (Å²) < 4.78 is 7.79. The summed E-state index contributed by atoms with van der Waals surface area (Å²) in [6, 6.07) is 11.3. The third kappa shape index (κ3) is 4.44. The summed E-state index contributed by atoms with van der Waals surface area (Å²) in [6.45, 7) is 3.24. The first-order valence-electron chi connectivity index (χ1n) is 8.24. The van der Waals surface area contributed by atoms with Gasteiger partial charge in [-0.2, -0.15) is 0 Å². The number of hydrogen-bond donors (Lipinski definition) is 1.